The molecule has 0 N–H and O–H groups in total. The maximum atomic E-state index is 14.8. The molecule has 4 nitrogen and oxygen atoms in total. The van der Waals surface area contributed by atoms with Gasteiger partial charge in [0.1, 0.15) is 11.4 Å². The van der Waals surface area contributed by atoms with Crippen LogP contribution in [0.5, 0.6) is 0 Å². The van der Waals surface area contributed by atoms with Crippen molar-refractivity contribution in [3.8, 4) is 0 Å². The van der Waals surface area contributed by atoms with Crippen LogP contribution in [0.1, 0.15) is 31.4 Å². The molecule has 8 heteroatoms. The molecule has 0 saturated heterocycles. The Hall–Kier alpha value is -1.21. The van der Waals surface area contributed by atoms with Crippen LogP contribution >= 0.6 is 11.6 Å². The lowest BCUT2D eigenvalue weighted by molar-refractivity contribution is 0.0123. The highest BCUT2D eigenvalue weighted by Gasteiger charge is 2.53. The number of benzene rings is 1. The molecule has 2 rings (SSSR count). The van der Waals surface area contributed by atoms with Gasteiger partial charge in [-0.15, -0.1) is 0 Å². The van der Waals surface area contributed by atoms with Crippen molar-refractivity contribution in [3.05, 3.63) is 35.1 Å². The molecule has 0 fully saturated rings. The normalized spacial score (nSPS) is 20.6. The van der Waals surface area contributed by atoms with E-state index in [0.29, 0.717) is 0 Å². The van der Waals surface area contributed by atoms with Gasteiger partial charge in [-0.3, -0.25) is 0 Å². The Balaban J connectivity index is 2.54. The lowest BCUT2D eigenvalue weighted by atomic mass is 10.1. The highest BCUT2D eigenvalue weighted by Crippen LogP contribution is 2.43. The molecule has 116 valence electrons. The molecule has 1 aromatic carbocycles. The fourth-order valence-electron chi connectivity index (χ4n) is 2.03. The number of oxime groups is 1. The monoisotopic (exact) mass is 337 g/mol. The Labute approximate surface area is 126 Å². The number of nitrogens with zero attached hydrogens (tertiary/aromatic N) is 1. The van der Waals surface area contributed by atoms with Crippen LogP contribution in [-0.4, -0.2) is 19.1 Å². The molecule has 1 heterocycles. The lowest BCUT2D eigenvalue weighted by Crippen LogP contribution is -2.34. The molecule has 0 amide bonds. The zero-order valence-corrected chi connectivity index (χ0v) is 13.2. The molecule has 0 bridgehead atoms. The van der Waals surface area contributed by atoms with Crippen LogP contribution in [0.3, 0.4) is 0 Å². The van der Waals surface area contributed by atoms with E-state index in [1.165, 1.54) is 19.1 Å². The van der Waals surface area contributed by atoms with Gasteiger partial charge in [0, 0.05) is 6.42 Å². The second kappa shape index (κ2) is 4.91. The summed E-state index contributed by atoms with van der Waals surface area (Å²) in [6.07, 6.45) is -0.138. The van der Waals surface area contributed by atoms with Crippen molar-refractivity contribution in [2.75, 3.05) is 0 Å². The van der Waals surface area contributed by atoms with Crippen molar-refractivity contribution in [2.45, 2.75) is 37.3 Å². The Morgan fingerprint density at radius 3 is 2.52 bits per heavy atom. The first-order valence-electron chi connectivity index (χ1n) is 6.12. The first kappa shape index (κ1) is 16.2. The summed E-state index contributed by atoms with van der Waals surface area (Å²) in [5, 5.41) is 2.86. The van der Waals surface area contributed by atoms with Crippen LogP contribution in [0.2, 0.25) is 0 Å². The van der Waals surface area contributed by atoms with Gasteiger partial charge < -0.3 is 4.84 Å². The van der Waals surface area contributed by atoms with Gasteiger partial charge in [0.05, 0.1) is 5.56 Å². The molecule has 1 aromatic rings. The van der Waals surface area contributed by atoms with Gasteiger partial charge in [-0.05, 0) is 32.4 Å². The average Bonchev–Trinajstić information content (AvgIpc) is 2.69. The third-order valence-corrected chi connectivity index (χ3v) is 5.65. The first-order chi connectivity index (χ1) is 9.49. The summed E-state index contributed by atoms with van der Waals surface area (Å²) in [5.74, 6) is -1.03. The second-order valence-electron chi connectivity index (χ2n) is 5.46. The molecule has 1 atom stereocenters. The summed E-state index contributed by atoms with van der Waals surface area (Å²) in [6, 6.07) is 3.67. The van der Waals surface area contributed by atoms with E-state index in [0.717, 1.165) is 6.07 Å². The van der Waals surface area contributed by atoms with Crippen LogP contribution in [0.4, 0.5) is 8.78 Å². The van der Waals surface area contributed by atoms with Crippen LogP contribution in [0.25, 0.3) is 0 Å². The molecule has 0 radical (unpaired) electrons. The van der Waals surface area contributed by atoms with E-state index >= 15 is 0 Å². The van der Waals surface area contributed by atoms with Gasteiger partial charge in [-0.2, -0.15) is 0 Å². The molecule has 1 aliphatic rings. The molecule has 1 unspecified atom stereocenters. The van der Waals surface area contributed by atoms with Gasteiger partial charge in [0.2, 0.25) is 9.84 Å². The molecule has 0 spiro atoms. The third-order valence-electron chi connectivity index (χ3n) is 3.13. The van der Waals surface area contributed by atoms with E-state index in [2.05, 4.69) is 5.16 Å². The molecule has 0 aliphatic carbocycles. The van der Waals surface area contributed by atoms with Crippen molar-refractivity contribution < 1.29 is 22.0 Å². The number of hydrogen-bond acceptors (Lipinski definition) is 4. The first-order valence-corrected chi connectivity index (χ1v) is 7.98. The highest BCUT2D eigenvalue weighted by atomic mass is 35.5. The van der Waals surface area contributed by atoms with Gasteiger partial charge in [0.15, 0.2) is 5.04 Å². The van der Waals surface area contributed by atoms with Crippen LogP contribution in [-0.2, 0) is 19.1 Å². The molecule has 1 aliphatic heterocycles. The highest BCUT2D eigenvalue weighted by molar-refractivity contribution is 8.08. The van der Waals surface area contributed by atoms with Gasteiger partial charge in [-0.1, -0.05) is 28.9 Å². The quantitative estimate of drug-likeness (QED) is 0.777. The number of aryl methyl sites for hydroxylation is 1. The summed E-state index contributed by atoms with van der Waals surface area (Å²) >= 11 is 5.61. The van der Waals surface area contributed by atoms with Crippen molar-refractivity contribution >= 4 is 26.5 Å². The van der Waals surface area contributed by atoms with E-state index in [-0.39, 0.29) is 12.0 Å². The topological polar surface area (TPSA) is 55.7 Å². The van der Waals surface area contributed by atoms with E-state index in [1.807, 2.05) is 0 Å². The summed E-state index contributed by atoms with van der Waals surface area (Å²) in [4.78, 5) is 4.92. The second-order valence-corrected chi connectivity index (χ2v) is 8.25. The predicted molar refractivity (Wildman–Crippen MR) is 75.9 cm³/mol. The Morgan fingerprint density at radius 2 is 2.05 bits per heavy atom. The third kappa shape index (κ3) is 2.64. The van der Waals surface area contributed by atoms with E-state index in [9.17, 15) is 17.2 Å². The Kier molecular flexibility index (Phi) is 3.78. The number of rotatable bonds is 2. The number of halogens is 3. The number of sulfone groups is 1. The fraction of sp³-hybridized carbons (Fsp3) is 0.462. The van der Waals surface area contributed by atoms with Gasteiger partial charge >= 0.3 is 4.46 Å². The van der Waals surface area contributed by atoms with E-state index in [1.54, 1.807) is 13.8 Å². The van der Waals surface area contributed by atoms with E-state index < -0.39 is 36.3 Å². The van der Waals surface area contributed by atoms with Gasteiger partial charge in [-0.25, -0.2) is 17.2 Å². The van der Waals surface area contributed by atoms with Crippen molar-refractivity contribution in [3.63, 3.8) is 0 Å². The van der Waals surface area contributed by atoms with Crippen LogP contribution in [0, 0.1) is 12.7 Å². The zero-order valence-electron chi connectivity index (χ0n) is 11.7. The minimum atomic E-state index is -4.72. The molecular weight excluding hydrogens is 324 g/mol. The Morgan fingerprint density at radius 1 is 1.43 bits per heavy atom. The summed E-state index contributed by atoms with van der Waals surface area (Å²) < 4.78 is 50.0. The van der Waals surface area contributed by atoms with Crippen molar-refractivity contribution in [1.82, 2.24) is 0 Å². The van der Waals surface area contributed by atoms with Crippen LogP contribution < -0.4 is 0 Å². The molecule has 0 saturated carbocycles. The number of hydrogen-bond donors (Lipinski definition) is 0. The number of alkyl halides is 2. The SMILES string of the molecule is Cc1cccc(F)c1C(F)(Cl)S(=O)(=O)C1=NOC(C)(C)C1. The largest absolute Gasteiger partial charge is 0.389 e. The minimum absolute atomic E-state index is 0.0925. The standard InChI is InChI=1S/C13H14ClF2NO3S/c1-8-5-4-6-9(15)11(8)13(14,16)21(18,19)10-7-12(2,3)20-17-10/h4-6H,7H2,1-3H3. The molecule has 21 heavy (non-hydrogen) atoms. The summed E-state index contributed by atoms with van der Waals surface area (Å²) in [6.45, 7) is 4.57. The average molecular weight is 338 g/mol. The van der Waals surface area contributed by atoms with Crippen molar-refractivity contribution in [1.29, 1.82) is 0 Å². The Bertz CT molecular complexity index is 694. The minimum Gasteiger partial charge on any atom is -0.389 e. The van der Waals surface area contributed by atoms with E-state index in [4.69, 9.17) is 16.4 Å². The van der Waals surface area contributed by atoms with Crippen molar-refractivity contribution in [2.24, 2.45) is 5.16 Å². The van der Waals surface area contributed by atoms with Crippen LogP contribution in [0.15, 0.2) is 23.4 Å². The fourth-order valence-corrected chi connectivity index (χ4v) is 4.03. The molecule has 0 aromatic heterocycles. The maximum Gasteiger partial charge on any atom is 0.317 e. The summed E-state index contributed by atoms with van der Waals surface area (Å²) in [7, 11) is -4.72. The predicted octanol–water partition coefficient (Wildman–Crippen LogP) is 3.38. The maximum absolute atomic E-state index is 14.8. The zero-order chi connectivity index (χ0) is 16.1. The smallest absolute Gasteiger partial charge is 0.317 e. The summed E-state index contributed by atoms with van der Waals surface area (Å²) in [5.41, 5.74) is -1.51. The lowest BCUT2D eigenvalue weighted by Gasteiger charge is -2.21. The molecular formula is C13H14ClF2NO3S. The van der Waals surface area contributed by atoms with Gasteiger partial charge in [0.25, 0.3) is 0 Å².